The molecule has 7 heteroatoms. The Labute approximate surface area is 173 Å². The van der Waals surface area contributed by atoms with Gasteiger partial charge in [-0.2, -0.15) is 0 Å². The van der Waals surface area contributed by atoms with E-state index in [-0.39, 0.29) is 36.9 Å². The lowest BCUT2D eigenvalue weighted by atomic mass is 9.77. The summed E-state index contributed by atoms with van der Waals surface area (Å²) < 4.78 is 10.9. The Morgan fingerprint density at radius 1 is 0.857 bits per heavy atom. The van der Waals surface area contributed by atoms with Gasteiger partial charge in [0.1, 0.15) is 18.1 Å². The predicted molar refractivity (Wildman–Crippen MR) is 108 cm³/mol. The third-order valence-electron chi connectivity index (χ3n) is 4.51. The van der Waals surface area contributed by atoms with E-state index in [1.807, 2.05) is 0 Å². The molecule has 0 bridgehead atoms. The fraction of sp³-hybridized carbons (Fsp3) is 0.333. The van der Waals surface area contributed by atoms with Gasteiger partial charge in [0.05, 0.1) is 0 Å². The first kappa shape index (κ1) is 20.5. The van der Waals surface area contributed by atoms with Crippen molar-refractivity contribution in [2.24, 2.45) is 5.92 Å². The van der Waals surface area contributed by atoms with Crippen LogP contribution >= 0.6 is 23.2 Å². The number of hydrogen-bond donors (Lipinski definition) is 1. The van der Waals surface area contributed by atoms with Gasteiger partial charge in [0.2, 0.25) is 0 Å². The first-order valence-electron chi connectivity index (χ1n) is 9.06. The van der Waals surface area contributed by atoms with E-state index in [1.54, 1.807) is 48.5 Å². The van der Waals surface area contributed by atoms with Crippen LogP contribution in [0.1, 0.15) is 19.3 Å². The Hall–Kier alpha value is -2.24. The van der Waals surface area contributed by atoms with Crippen molar-refractivity contribution in [3.63, 3.8) is 0 Å². The summed E-state index contributed by atoms with van der Waals surface area (Å²) in [6.45, 7) is 0.000746. The van der Waals surface area contributed by atoms with E-state index >= 15 is 0 Å². The summed E-state index contributed by atoms with van der Waals surface area (Å²) in [6.07, 6.45) is 2.04. The largest absolute Gasteiger partial charge is 0.486 e. The number of rotatable bonds is 9. The van der Waals surface area contributed by atoms with E-state index in [2.05, 4.69) is 5.32 Å². The van der Waals surface area contributed by atoms with Crippen LogP contribution in [0.3, 0.4) is 0 Å². The summed E-state index contributed by atoms with van der Waals surface area (Å²) in [5, 5.41) is 4.16. The maximum absolute atomic E-state index is 12.0. The minimum absolute atomic E-state index is 0.0450. The van der Waals surface area contributed by atoms with E-state index < -0.39 is 0 Å². The zero-order valence-corrected chi connectivity index (χ0v) is 16.7. The number of Topliss-reactive ketones (excluding diaryl/α,β-unsaturated/α-hetero) is 1. The van der Waals surface area contributed by atoms with Gasteiger partial charge >= 0.3 is 0 Å². The molecule has 1 N–H and O–H groups in total. The van der Waals surface area contributed by atoms with Crippen molar-refractivity contribution in [2.75, 3.05) is 13.2 Å². The topological polar surface area (TPSA) is 64.6 Å². The van der Waals surface area contributed by atoms with Crippen LogP contribution in [0.25, 0.3) is 0 Å². The molecule has 0 saturated heterocycles. The summed E-state index contributed by atoms with van der Waals surface area (Å²) in [5.41, 5.74) is 0. The maximum atomic E-state index is 12.0. The highest BCUT2D eigenvalue weighted by Crippen LogP contribution is 2.30. The molecular weight excluding hydrogens is 401 g/mol. The van der Waals surface area contributed by atoms with Crippen molar-refractivity contribution in [1.82, 2.24) is 5.32 Å². The molecule has 0 radical (unpaired) electrons. The lowest BCUT2D eigenvalue weighted by Crippen LogP contribution is -2.46. The second-order valence-electron chi connectivity index (χ2n) is 6.83. The SMILES string of the molecule is O=C(COc1ccc(Cl)cc1)CC1CC(NC(=O)COc2ccc(Cl)cc2)C1. The Bertz CT molecular complexity index is 735. The van der Waals surface area contributed by atoms with Crippen LogP contribution in [0.4, 0.5) is 0 Å². The molecule has 1 amide bonds. The van der Waals surface area contributed by atoms with Gasteiger partial charge in [0, 0.05) is 22.5 Å². The summed E-state index contributed by atoms with van der Waals surface area (Å²) in [4.78, 5) is 24.0. The molecule has 0 spiro atoms. The second kappa shape index (κ2) is 9.80. The van der Waals surface area contributed by atoms with E-state index in [9.17, 15) is 9.59 Å². The number of amides is 1. The Kier molecular flexibility index (Phi) is 7.18. The van der Waals surface area contributed by atoms with Gasteiger partial charge in [0.25, 0.3) is 5.91 Å². The van der Waals surface area contributed by atoms with Gasteiger partial charge in [0.15, 0.2) is 12.4 Å². The van der Waals surface area contributed by atoms with Crippen LogP contribution in [-0.4, -0.2) is 30.9 Å². The molecule has 28 heavy (non-hydrogen) atoms. The molecule has 2 aromatic carbocycles. The molecule has 1 saturated carbocycles. The normalized spacial score (nSPS) is 18.1. The first-order valence-corrected chi connectivity index (χ1v) is 9.81. The van der Waals surface area contributed by atoms with Crippen molar-refractivity contribution in [2.45, 2.75) is 25.3 Å². The molecule has 1 aliphatic carbocycles. The summed E-state index contributed by atoms with van der Waals surface area (Å²) in [7, 11) is 0. The van der Waals surface area contributed by atoms with Crippen LogP contribution < -0.4 is 14.8 Å². The molecule has 1 fully saturated rings. The minimum atomic E-state index is -0.171. The lowest BCUT2D eigenvalue weighted by molar-refractivity contribution is -0.125. The van der Waals surface area contributed by atoms with Gasteiger partial charge < -0.3 is 14.8 Å². The Morgan fingerprint density at radius 2 is 1.36 bits per heavy atom. The fourth-order valence-electron chi connectivity index (χ4n) is 3.04. The van der Waals surface area contributed by atoms with Crippen LogP contribution in [0.15, 0.2) is 48.5 Å². The maximum Gasteiger partial charge on any atom is 0.258 e. The van der Waals surface area contributed by atoms with Gasteiger partial charge in [-0.1, -0.05) is 23.2 Å². The summed E-state index contributed by atoms with van der Waals surface area (Å²) in [5.74, 6) is 1.38. The number of hydrogen-bond acceptors (Lipinski definition) is 4. The highest BCUT2D eigenvalue weighted by molar-refractivity contribution is 6.30. The number of carbonyl (C=O) groups excluding carboxylic acids is 2. The van der Waals surface area contributed by atoms with Crippen LogP contribution in [0, 0.1) is 5.92 Å². The average Bonchev–Trinajstić information content (AvgIpc) is 2.65. The molecule has 3 rings (SSSR count). The number of benzene rings is 2. The number of ketones is 1. The molecule has 0 aliphatic heterocycles. The van der Waals surface area contributed by atoms with Crippen LogP contribution in [0.2, 0.25) is 10.0 Å². The third-order valence-corrected chi connectivity index (χ3v) is 5.02. The van der Waals surface area contributed by atoms with Crippen LogP contribution in [-0.2, 0) is 9.59 Å². The van der Waals surface area contributed by atoms with Gasteiger partial charge in [-0.05, 0) is 67.3 Å². The zero-order chi connectivity index (χ0) is 19.9. The van der Waals surface area contributed by atoms with E-state index in [0.717, 1.165) is 12.8 Å². The summed E-state index contributed by atoms with van der Waals surface area (Å²) >= 11 is 11.6. The Morgan fingerprint density at radius 3 is 1.89 bits per heavy atom. The van der Waals surface area contributed by atoms with Crippen molar-refractivity contribution in [3.05, 3.63) is 58.6 Å². The predicted octanol–water partition coefficient (Wildman–Crippen LogP) is 4.31. The van der Waals surface area contributed by atoms with Crippen molar-refractivity contribution in [3.8, 4) is 11.5 Å². The minimum Gasteiger partial charge on any atom is -0.486 e. The van der Waals surface area contributed by atoms with Gasteiger partial charge in [-0.25, -0.2) is 0 Å². The molecule has 0 heterocycles. The van der Waals surface area contributed by atoms with Crippen molar-refractivity contribution >= 4 is 34.9 Å². The highest BCUT2D eigenvalue weighted by atomic mass is 35.5. The van der Waals surface area contributed by atoms with E-state index in [0.29, 0.717) is 28.0 Å². The Balaban J connectivity index is 1.28. The molecule has 0 atom stereocenters. The fourth-order valence-corrected chi connectivity index (χ4v) is 3.30. The molecule has 2 aromatic rings. The average molecular weight is 422 g/mol. The lowest BCUT2D eigenvalue weighted by Gasteiger charge is -2.35. The van der Waals surface area contributed by atoms with Crippen molar-refractivity contribution in [1.29, 1.82) is 0 Å². The quantitative estimate of drug-likeness (QED) is 0.655. The van der Waals surface area contributed by atoms with Gasteiger partial charge in [-0.3, -0.25) is 9.59 Å². The van der Waals surface area contributed by atoms with E-state index in [1.165, 1.54) is 0 Å². The standard InChI is InChI=1S/C21H21Cl2NO4/c22-15-1-5-19(6-2-15)27-12-18(25)11-14-9-17(10-14)24-21(26)13-28-20-7-3-16(23)4-8-20/h1-8,14,17H,9-13H2,(H,24,26). The van der Waals surface area contributed by atoms with E-state index in [4.69, 9.17) is 32.7 Å². The van der Waals surface area contributed by atoms with Gasteiger partial charge in [-0.15, -0.1) is 0 Å². The number of nitrogens with one attached hydrogen (secondary N) is 1. The summed E-state index contributed by atoms with van der Waals surface area (Å²) in [6, 6.07) is 13.8. The molecular formula is C21H21Cl2NO4. The van der Waals surface area contributed by atoms with Crippen molar-refractivity contribution < 1.29 is 19.1 Å². The molecule has 0 aromatic heterocycles. The smallest absolute Gasteiger partial charge is 0.258 e. The first-order chi connectivity index (χ1) is 13.5. The number of ether oxygens (including phenoxy) is 2. The molecule has 148 valence electrons. The molecule has 1 aliphatic rings. The number of carbonyl (C=O) groups is 2. The highest BCUT2D eigenvalue weighted by Gasteiger charge is 2.31. The van der Waals surface area contributed by atoms with Crippen LogP contribution in [0.5, 0.6) is 11.5 Å². The third kappa shape index (κ3) is 6.43. The second-order valence-corrected chi connectivity index (χ2v) is 7.70. The molecule has 0 unspecified atom stereocenters. The molecule has 5 nitrogen and oxygen atoms in total. The zero-order valence-electron chi connectivity index (χ0n) is 15.2. The monoisotopic (exact) mass is 421 g/mol. The number of halogens is 2.